The summed E-state index contributed by atoms with van der Waals surface area (Å²) < 4.78 is 5.28. The van der Waals surface area contributed by atoms with E-state index in [-0.39, 0.29) is 23.5 Å². The Labute approximate surface area is 104 Å². The molecule has 1 rings (SSSR count). The predicted octanol–water partition coefficient (Wildman–Crippen LogP) is 1.29. The van der Waals surface area contributed by atoms with Gasteiger partial charge in [0, 0.05) is 25.6 Å². The molecular formula is C13H26N2O2. The summed E-state index contributed by atoms with van der Waals surface area (Å²) in [5.41, 5.74) is 5.65. The lowest BCUT2D eigenvalue weighted by atomic mass is 9.79. The van der Waals surface area contributed by atoms with Crippen LogP contribution in [0, 0.1) is 11.8 Å². The summed E-state index contributed by atoms with van der Waals surface area (Å²) in [5.74, 6) is 0.710. The minimum Gasteiger partial charge on any atom is -0.377 e. The van der Waals surface area contributed by atoms with Gasteiger partial charge in [-0.2, -0.15) is 0 Å². The van der Waals surface area contributed by atoms with Crippen molar-refractivity contribution in [2.75, 3.05) is 13.7 Å². The van der Waals surface area contributed by atoms with Gasteiger partial charge in [-0.25, -0.2) is 0 Å². The van der Waals surface area contributed by atoms with Gasteiger partial charge < -0.3 is 15.8 Å². The standard InChI is InChI=1S/C13H26N2O2/c1-9-7-10(5-6-11(9)14)12(16)15-8-13(2,3)17-4/h9-11H,5-8,14H2,1-4H3,(H,15,16). The van der Waals surface area contributed by atoms with Gasteiger partial charge in [0.1, 0.15) is 0 Å². The fourth-order valence-electron chi connectivity index (χ4n) is 2.17. The first kappa shape index (κ1) is 14.5. The highest BCUT2D eigenvalue weighted by atomic mass is 16.5. The van der Waals surface area contributed by atoms with Crippen molar-refractivity contribution in [2.45, 2.75) is 51.7 Å². The highest BCUT2D eigenvalue weighted by Crippen LogP contribution is 2.28. The second-order valence-corrected chi connectivity index (χ2v) is 5.83. The van der Waals surface area contributed by atoms with Crippen LogP contribution < -0.4 is 11.1 Å². The number of amides is 1. The van der Waals surface area contributed by atoms with E-state index in [1.54, 1.807) is 7.11 Å². The van der Waals surface area contributed by atoms with E-state index in [0.29, 0.717) is 12.5 Å². The van der Waals surface area contributed by atoms with Crippen LogP contribution in [0.15, 0.2) is 0 Å². The average molecular weight is 242 g/mol. The Morgan fingerprint density at radius 2 is 2.12 bits per heavy atom. The Kier molecular flexibility index (Phi) is 4.95. The quantitative estimate of drug-likeness (QED) is 0.781. The fraction of sp³-hybridized carbons (Fsp3) is 0.923. The summed E-state index contributed by atoms with van der Waals surface area (Å²) in [4.78, 5) is 12.0. The Balaban J connectivity index is 2.38. The van der Waals surface area contributed by atoms with E-state index >= 15 is 0 Å². The lowest BCUT2D eigenvalue weighted by molar-refractivity contribution is -0.127. The molecule has 4 heteroatoms. The van der Waals surface area contributed by atoms with Crippen LogP contribution in [0.25, 0.3) is 0 Å². The van der Waals surface area contributed by atoms with Crippen LogP contribution in [0.5, 0.6) is 0 Å². The minimum atomic E-state index is -0.299. The molecule has 1 amide bonds. The van der Waals surface area contributed by atoms with Crippen LogP contribution in [0.3, 0.4) is 0 Å². The van der Waals surface area contributed by atoms with Crippen LogP contribution in [-0.4, -0.2) is 31.2 Å². The molecule has 17 heavy (non-hydrogen) atoms. The Hall–Kier alpha value is -0.610. The van der Waals surface area contributed by atoms with E-state index in [0.717, 1.165) is 19.3 Å². The molecular weight excluding hydrogens is 216 g/mol. The summed E-state index contributed by atoms with van der Waals surface area (Å²) in [6.45, 7) is 6.61. The minimum absolute atomic E-state index is 0.123. The van der Waals surface area contributed by atoms with Crippen molar-refractivity contribution in [3.8, 4) is 0 Å². The second-order valence-electron chi connectivity index (χ2n) is 5.83. The average Bonchev–Trinajstić information content (AvgIpc) is 2.30. The molecule has 0 radical (unpaired) electrons. The third kappa shape index (κ3) is 4.28. The summed E-state index contributed by atoms with van der Waals surface area (Å²) >= 11 is 0. The topological polar surface area (TPSA) is 64.3 Å². The van der Waals surface area contributed by atoms with Crippen LogP contribution >= 0.6 is 0 Å². The van der Waals surface area contributed by atoms with E-state index in [2.05, 4.69) is 12.2 Å². The van der Waals surface area contributed by atoms with Gasteiger partial charge in [-0.1, -0.05) is 6.92 Å². The molecule has 3 unspecified atom stereocenters. The van der Waals surface area contributed by atoms with E-state index in [1.165, 1.54) is 0 Å². The predicted molar refractivity (Wildman–Crippen MR) is 68.6 cm³/mol. The number of hydrogen-bond donors (Lipinski definition) is 2. The van der Waals surface area contributed by atoms with Crippen LogP contribution in [0.1, 0.15) is 40.0 Å². The lowest BCUT2D eigenvalue weighted by Crippen LogP contribution is -2.45. The Bertz CT molecular complexity index is 266. The summed E-state index contributed by atoms with van der Waals surface area (Å²) in [7, 11) is 1.66. The van der Waals surface area contributed by atoms with Crippen LogP contribution in [0.2, 0.25) is 0 Å². The van der Waals surface area contributed by atoms with Crippen molar-refractivity contribution in [3.63, 3.8) is 0 Å². The Morgan fingerprint density at radius 1 is 1.47 bits per heavy atom. The number of carbonyl (C=O) groups excluding carboxylic acids is 1. The molecule has 0 aromatic rings. The smallest absolute Gasteiger partial charge is 0.223 e. The maximum absolute atomic E-state index is 12.0. The molecule has 1 aliphatic rings. The summed E-state index contributed by atoms with van der Waals surface area (Å²) in [5, 5.41) is 2.97. The molecule has 3 N–H and O–H groups in total. The van der Waals surface area contributed by atoms with E-state index in [1.807, 2.05) is 13.8 Å². The van der Waals surface area contributed by atoms with Crippen molar-refractivity contribution in [1.82, 2.24) is 5.32 Å². The normalized spacial score (nSPS) is 30.1. The SMILES string of the molecule is COC(C)(C)CNC(=O)C1CCC(N)C(C)C1. The molecule has 0 heterocycles. The molecule has 0 aromatic carbocycles. The third-order valence-electron chi connectivity index (χ3n) is 3.85. The van der Waals surface area contributed by atoms with E-state index in [4.69, 9.17) is 10.5 Å². The second kappa shape index (κ2) is 5.83. The van der Waals surface area contributed by atoms with E-state index < -0.39 is 0 Å². The molecule has 100 valence electrons. The van der Waals surface area contributed by atoms with Crippen LogP contribution in [0.4, 0.5) is 0 Å². The zero-order valence-corrected chi connectivity index (χ0v) is 11.5. The van der Waals surface area contributed by atoms with Crippen molar-refractivity contribution in [3.05, 3.63) is 0 Å². The number of ether oxygens (including phenoxy) is 1. The first-order valence-corrected chi connectivity index (χ1v) is 6.44. The first-order valence-electron chi connectivity index (χ1n) is 6.44. The highest BCUT2D eigenvalue weighted by molar-refractivity contribution is 5.78. The van der Waals surface area contributed by atoms with Gasteiger partial charge in [0.25, 0.3) is 0 Å². The molecule has 0 spiro atoms. The van der Waals surface area contributed by atoms with Gasteiger partial charge in [-0.15, -0.1) is 0 Å². The zero-order chi connectivity index (χ0) is 13.1. The van der Waals surface area contributed by atoms with Crippen molar-refractivity contribution < 1.29 is 9.53 Å². The summed E-state index contributed by atoms with van der Waals surface area (Å²) in [6, 6.07) is 0.259. The van der Waals surface area contributed by atoms with Gasteiger partial charge in [0.05, 0.1) is 5.60 Å². The zero-order valence-electron chi connectivity index (χ0n) is 11.5. The molecule has 4 nitrogen and oxygen atoms in total. The number of methoxy groups -OCH3 is 1. The van der Waals surface area contributed by atoms with Gasteiger partial charge in [0.15, 0.2) is 0 Å². The molecule has 1 fully saturated rings. The van der Waals surface area contributed by atoms with Gasteiger partial charge in [-0.05, 0) is 39.0 Å². The number of nitrogens with one attached hydrogen (secondary N) is 1. The first-order chi connectivity index (χ1) is 7.85. The van der Waals surface area contributed by atoms with Gasteiger partial charge in [-0.3, -0.25) is 4.79 Å². The van der Waals surface area contributed by atoms with Gasteiger partial charge in [0.2, 0.25) is 5.91 Å². The number of nitrogens with two attached hydrogens (primary N) is 1. The molecule has 0 bridgehead atoms. The molecule has 1 aliphatic carbocycles. The maximum Gasteiger partial charge on any atom is 0.223 e. The molecule has 0 aromatic heterocycles. The number of hydrogen-bond acceptors (Lipinski definition) is 3. The monoisotopic (exact) mass is 242 g/mol. The Morgan fingerprint density at radius 3 is 2.65 bits per heavy atom. The maximum atomic E-state index is 12.0. The largest absolute Gasteiger partial charge is 0.377 e. The molecule has 1 saturated carbocycles. The van der Waals surface area contributed by atoms with Crippen LogP contribution in [-0.2, 0) is 9.53 Å². The molecule has 0 aliphatic heterocycles. The van der Waals surface area contributed by atoms with E-state index in [9.17, 15) is 4.79 Å². The molecule has 3 atom stereocenters. The van der Waals surface area contributed by atoms with Crippen molar-refractivity contribution in [1.29, 1.82) is 0 Å². The number of carbonyl (C=O) groups is 1. The highest BCUT2D eigenvalue weighted by Gasteiger charge is 2.30. The lowest BCUT2D eigenvalue weighted by Gasteiger charge is -2.32. The fourth-order valence-corrected chi connectivity index (χ4v) is 2.17. The number of rotatable bonds is 4. The van der Waals surface area contributed by atoms with Crippen molar-refractivity contribution >= 4 is 5.91 Å². The molecule has 0 saturated heterocycles. The summed E-state index contributed by atoms with van der Waals surface area (Å²) in [6.07, 6.45) is 2.76. The third-order valence-corrected chi connectivity index (χ3v) is 3.85. The van der Waals surface area contributed by atoms with Crippen molar-refractivity contribution in [2.24, 2.45) is 17.6 Å². The van der Waals surface area contributed by atoms with Gasteiger partial charge >= 0.3 is 0 Å².